The van der Waals surface area contributed by atoms with Crippen LogP contribution in [0.4, 0.5) is 5.13 Å². The van der Waals surface area contributed by atoms with E-state index in [1.807, 2.05) is 12.1 Å². The van der Waals surface area contributed by atoms with Crippen LogP contribution in [0.15, 0.2) is 29.6 Å². The zero-order valence-electron chi connectivity index (χ0n) is 8.55. The Kier molecular flexibility index (Phi) is 3.26. The van der Waals surface area contributed by atoms with Gasteiger partial charge in [0.25, 0.3) is 0 Å². The van der Waals surface area contributed by atoms with Crippen LogP contribution in [0.5, 0.6) is 11.6 Å². The standard InChI is InChI=1S/C11H12N2O2S/c14-9-4-2-1-3-8(9)5-6-12-11-13-10(15)7-16-11/h1-4,7,14-15H,5-6H2,(H,12,13). The van der Waals surface area contributed by atoms with Gasteiger partial charge >= 0.3 is 0 Å². The Morgan fingerprint density at radius 1 is 1.25 bits per heavy atom. The van der Waals surface area contributed by atoms with Crippen LogP contribution < -0.4 is 5.32 Å². The maximum Gasteiger partial charge on any atom is 0.223 e. The van der Waals surface area contributed by atoms with Crippen LogP contribution in [0.3, 0.4) is 0 Å². The van der Waals surface area contributed by atoms with Crippen LogP contribution in [0, 0.1) is 0 Å². The van der Waals surface area contributed by atoms with Crippen molar-refractivity contribution in [2.24, 2.45) is 0 Å². The molecule has 0 aliphatic rings. The molecule has 1 aromatic carbocycles. The summed E-state index contributed by atoms with van der Waals surface area (Å²) in [7, 11) is 0. The van der Waals surface area contributed by atoms with Gasteiger partial charge in [-0.2, -0.15) is 4.98 Å². The normalized spacial score (nSPS) is 10.2. The van der Waals surface area contributed by atoms with E-state index >= 15 is 0 Å². The van der Waals surface area contributed by atoms with Gasteiger partial charge < -0.3 is 15.5 Å². The summed E-state index contributed by atoms with van der Waals surface area (Å²) in [5.41, 5.74) is 0.899. The van der Waals surface area contributed by atoms with E-state index in [0.717, 1.165) is 5.56 Å². The largest absolute Gasteiger partial charge is 0.508 e. The first-order valence-electron chi connectivity index (χ1n) is 4.91. The van der Waals surface area contributed by atoms with E-state index < -0.39 is 0 Å². The fraction of sp³-hybridized carbons (Fsp3) is 0.182. The van der Waals surface area contributed by atoms with Gasteiger partial charge in [0.2, 0.25) is 5.88 Å². The van der Waals surface area contributed by atoms with Crippen LogP contribution in [-0.4, -0.2) is 21.7 Å². The number of benzene rings is 1. The van der Waals surface area contributed by atoms with E-state index in [9.17, 15) is 5.11 Å². The minimum Gasteiger partial charge on any atom is -0.508 e. The number of aromatic nitrogens is 1. The highest BCUT2D eigenvalue weighted by atomic mass is 32.1. The van der Waals surface area contributed by atoms with E-state index in [4.69, 9.17) is 5.11 Å². The molecule has 0 fully saturated rings. The van der Waals surface area contributed by atoms with Gasteiger partial charge in [-0.1, -0.05) is 18.2 Å². The zero-order valence-corrected chi connectivity index (χ0v) is 9.37. The molecule has 1 heterocycles. The number of hydrogen-bond acceptors (Lipinski definition) is 5. The molecule has 16 heavy (non-hydrogen) atoms. The third-order valence-electron chi connectivity index (χ3n) is 2.15. The smallest absolute Gasteiger partial charge is 0.223 e. The molecular formula is C11H12N2O2S. The van der Waals surface area contributed by atoms with Crippen molar-refractivity contribution in [2.45, 2.75) is 6.42 Å². The topological polar surface area (TPSA) is 65.4 Å². The van der Waals surface area contributed by atoms with Crippen molar-refractivity contribution in [1.82, 2.24) is 4.98 Å². The quantitative estimate of drug-likeness (QED) is 0.761. The molecule has 0 spiro atoms. The first-order valence-corrected chi connectivity index (χ1v) is 5.79. The summed E-state index contributed by atoms with van der Waals surface area (Å²) in [6, 6.07) is 7.25. The van der Waals surface area contributed by atoms with Crippen LogP contribution in [0.25, 0.3) is 0 Å². The van der Waals surface area contributed by atoms with E-state index in [2.05, 4.69) is 10.3 Å². The molecule has 0 aliphatic carbocycles. The summed E-state index contributed by atoms with van der Waals surface area (Å²) >= 11 is 1.35. The number of para-hydroxylation sites is 1. The number of aromatic hydroxyl groups is 2. The molecular weight excluding hydrogens is 224 g/mol. The molecule has 5 heteroatoms. The lowest BCUT2D eigenvalue weighted by Gasteiger charge is -2.04. The molecule has 0 aliphatic heterocycles. The molecule has 84 valence electrons. The lowest BCUT2D eigenvalue weighted by Crippen LogP contribution is -2.04. The number of rotatable bonds is 4. The van der Waals surface area contributed by atoms with Gasteiger partial charge in [0.1, 0.15) is 5.75 Å². The molecule has 0 bridgehead atoms. The van der Waals surface area contributed by atoms with Gasteiger partial charge in [0.05, 0.1) is 5.38 Å². The molecule has 0 atom stereocenters. The summed E-state index contributed by atoms with van der Waals surface area (Å²) in [6.45, 7) is 0.671. The number of hydrogen-bond donors (Lipinski definition) is 3. The fourth-order valence-electron chi connectivity index (χ4n) is 1.37. The minimum absolute atomic E-state index is 0.0371. The van der Waals surface area contributed by atoms with Gasteiger partial charge in [-0.05, 0) is 18.1 Å². The lowest BCUT2D eigenvalue weighted by molar-refractivity contribution is 0.457. The summed E-state index contributed by atoms with van der Waals surface area (Å²) in [5, 5.41) is 23.9. The highest BCUT2D eigenvalue weighted by Crippen LogP contribution is 2.20. The molecule has 3 N–H and O–H groups in total. The Balaban J connectivity index is 1.87. The number of phenols is 1. The minimum atomic E-state index is 0.0371. The van der Waals surface area contributed by atoms with Crippen LogP contribution >= 0.6 is 11.3 Å². The summed E-state index contributed by atoms with van der Waals surface area (Å²) in [4.78, 5) is 3.86. The summed E-state index contributed by atoms with van der Waals surface area (Å²) < 4.78 is 0. The van der Waals surface area contributed by atoms with Gasteiger partial charge in [0.15, 0.2) is 5.13 Å². The van der Waals surface area contributed by atoms with Crippen molar-refractivity contribution < 1.29 is 10.2 Å². The molecule has 0 unspecified atom stereocenters. The van der Waals surface area contributed by atoms with Crippen molar-refractivity contribution >= 4 is 16.5 Å². The third kappa shape index (κ3) is 2.64. The van der Waals surface area contributed by atoms with Crippen molar-refractivity contribution in [3.05, 3.63) is 35.2 Å². The molecule has 2 aromatic rings. The molecule has 2 rings (SSSR count). The number of anilines is 1. The number of nitrogens with one attached hydrogen (secondary N) is 1. The Bertz CT molecular complexity index is 471. The van der Waals surface area contributed by atoms with Crippen molar-refractivity contribution in [1.29, 1.82) is 0 Å². The predicted octanol–water partition coefficient (Wildman–Crippen LogP) is 2.21. The average Bonchev–Trinajstić information content (AvgIpc) is 2.67. The maximum absolute atomic E-state index is 9.53. The van der Waals surface area contributed by atoms with E-state index in [0.29, 0.717) is 23.8 Å². The van der Waals surface area contributed by atoms with Gasteiger partial charge in [-0.25, -0.2) is 0 Å². The predicted molar refractivity (Wildman–Crippen MR) is 64.1 cm³/mol. The van der Waals surface area contributed by atoms with Crippen LogP contribution in [0.2, 0.25) is 0 Å². The second-order valence-electron chi connectivity index (χ2n) is 3.32. The highest BCUT2D eigenvalue weighted by Gasteiger charge is 2.01. The third-order valence-corrected chi connectivity index (χ3v) is 2.94. The number of thiazole rings is 1. The second-order valence-corrected chi connectivity index (χ2v) is 4.17. The second kappa shape index (κ2) is 4.85. The van der Waals surface area contributed by atoms with Crippen molar-refractivity contribution in [3.8, 4) is 11.6 Å². The van der Waals surface area contributed by atoms with Crippen LogP contribution in [-0.2, 0) is 6.42 Å². The van der Waals surface area contributed by atoms with Gasteiger partial charge in [-0.3, -0.25) is 0 Å². The van der Waals surface area contributed by atoms with E-state index in [-0.39, 0.29) is 5.88 Å². The average molecular weight is 236 g/mol. The van der Waals surface area contributed by atoms with Crippen molar-refractivity contribution in [3.63, 3.8) is 0 Å². The maximum atomic E-state index is 9.53. The van der Waals surface area contributed by atoms with Gasteiger partial charge in [0, 0.05) is 6.54 Å². The number of nitrogens with zero attached hydrogens (tertiary/aromatic N) is 1. The zero-order chi connectivity index (χ0) is 11.4. The van der Waals surface area contributed by atoms with Gasteiger partial charge in [-0.15, -0.1) is 11.3 Å². The summed E-state index contributed by atoms with van der Waals surface area (Å²) in [5.74, 6) is 0.348. The molecule has 0 radical (unpaired) electrons. The Labute approximate surface area is 97.2 Å². The lowest BCUT2D eigenvalue weighted by atomic mass is 10.1. The molecule has 1 aromatic heterocycles. The Morgan fingerprint density at radius 2 is 2.06 bits per heavy atom. The highest BCUT2D eigenvalue weighted by molar-refractivity contribution is 7.13. The molecule has 0 saturated heterocycles. The SMILES string of the molecule is Oc1csc(NCCc2ccccc2O)n1. The molecule has 4 nitrogen and oxygen atoms in total. The van der Waals surface area contributed by atoms with Crippen LogP contribution in [0.1, 0.15) is 5.56 Å². The monoisotopic (exact) mass is 236 g/mol. The van der Waals surface area contributed by atoms with E-state index in [1.54, 1.807) is 17.5 Å². The molecule has 0 amide bonds. The first-order chi connectivity index (χ1) is 7.75. The first kappa shape index (κ1) is 10.8. The van der Waals surface area contributed by atoms with Crippen molar-refractivity contribution in [2.75, 3.05) is 11.9 Å². The number of phenolic OH excluding ortho intramolecular Hbond substituents is 1. The van der Waals surface area contributed by atoms with E-state index in [1.165, 1.54) is 11.3 Å². The Hall–Kier alpha value is -1.75. The molecule has 0 saturated carbocycles. The summed E-state index contributed by atoms with van der Waals surface area (Å²) in [6.07, 6.45) is 0.715. The fourth-order valence-corrected chi connectivity index (χ4v) is 1.97. The Morgan fingerprint density at radius 3 is 2.75 bits per heavy atom.